The van der Waals surface area contributed by atoms with Crippen LogP contribution in [0.5, 0.6) is 0 Å². The van der Waals surface area contributed by atoms with Gasteiger partial charge < -0.3 is 5.21 Å². The van der Waals surface area contributed by atoms with Crippen LogP contribution in [0.25, 0.3) is 0 Å². The molecule has 0 bridgehead atoms. The number of nitrogens with zero attached hydrogens (tertiary/aromatic N) is 1. The first-order valence-corrected chi connectivity index (χ1v) is 6.92. The van der Waals surface area contributed by atoms with E-state index in [-0.39, 0.29) is 0 Å². The first-order valence-electron chi connectivity index (χ1n) is 5.05. The van der Waals surface area contributed by atoms with E-state index in [9.17, 15) is 5.21 Å². The number of thiol groups is 1. The Labute approximate surface area is 109 Å². The molecule has 1 N–H and O–H groups in total. The third-order valence-corrected chi connectivity index (χ3v) is 3.53. The minimum absolute atomic E-state index is 0.558. The predicted octanol–water partition coefficient (Wildman–Crippen LogP) is 3.85. The Hall–Kier alpha value is -1.39. The average Bonchev–Trinajstić information content (AvgIpc) is 2.41. The Morgan fingerprint density at radius 1 is 1.00 bits per heavy atom. The van der Waals surface area contributed by atoms with Gasteiger partial charge in [0.15, 0.2) is 0 Å². The molecule has 0 saturated heterocycles. The largest absolute Gasteiger partial charge is 0.410 e. The lowest BCUT2D eigenvalue weighted by molar-refractivity contribution is 0.319. The van der Waals surface area contributed by atoms with Gasteiger partial charge in [-0.2, -0.15) is 0 Å². The predicted molar refractivity (Wildman–Crippen MR) is 75.2 cm³/mol. The zero-order chi connectivity index (χ0) is 12.1. The van der Waals surface area contributed by atoms with Crippen LogP contribution in [-0.4, -0.2) is 10.9 Å². The smallest absolute Gasteiger partial charge is 0.118 e. The van der Waals surface area contributed by atoms with E-state index >= 15 is 0 Å². The van der Waals surface area contributed by atoms with Gasteiger partial charge in [0.2, 0.25) is 0 Å². The summed E-state index contributed by atoms with van der Waals surface area (Å²) in [6.07, 6.45) is 0. The van der Waals surface area contributed by atoms with Crippen LogP contribution < -0.4 is 0 Å². The van der Waals surface area contributed by atoms with Gasteiger partial charge in [-0.15, -0.1) is 11.7 Å². The molecule has 2 aromatic carbocycles. The molecule has 0 aromatic heterocycles. The summed E-state index contributed by atoms with van der Waals surface area (Å²) in [5.41, 5.74) is 2.31. The van der Waals surface area contributed by atoms with Crippen LogP contribution in [0.3, 0.4) is 0 Å². The van der Waals surface area contributed by atoms with Crippen molar-refractivity contribution in [1.29, 1.82) is 0 Å². The van der Waals surface area contributed by atoms with E-state index in [0.29, 0.717) is 5.71 Å². The van der Waals surface area contributed by atoms with Gasteiger partial charge in [-0.25, -0.2) is 0 Å². The van der Waals surface area contributed by atoms with Crippen molar-refractivity contribution in [1.82, 2.24) is 0 Å². The fraction of sp³-hybridized carbons (Fsp3) is 0. The second kappa shape index (κ2) is 5.80. The highest BCUT2D eigenvalue weighted by Gasteiger charge is 2.11. The lowest BCUT2D eigenvalue weighted by Crippen LogP contribution is -2.04. The monoisotopic (exact) mass is 261 g/mol. The molecule has 2 aromatic rings. The maximum Gasteiger partial charge on any atom is 0.118 e. The Morgan fingerprint density at radius 2 is 1.65 bits per heavy atom. The van der Waals surface area contributed by atoms with E-state index in [0.717, 1.165) is 16.0 Å². The molecule has 0 fully saturated rings. The van der Waals surface area contributed by atoms with Crippen molar-refractivity contribution in [3.8, 4) is 0 Å². The van der Waals surface area contributed by atoms with Crippen molar-refractivity contribution in [3.05, 3.63) is 65.7 Å². The first kappa shape index (κ1) is 12.1. The zero-order valence-electron chi connectivity index (χ0n) is 8.95. The molecule has 0 heterocycles. The molecular formula is C13H11NOS2. The van der Waals surface area contributed by atoms with E-state index in [1.54, 1.807) is 0 Å². The molecule has 0 saturated carbocycles. The number of oxime groups is 1. The molecule has 0 unspecified atom stereocenters. The summed E-state index contributed by atoms with van der Waals surface area (Å²) in [6, 6.07) is 17.3. The summed E-state index contributed by atoms with van der Waals surface area (Å²) in [5.74, 6) is 0. The van der Waals surface area contributed by atoms with E-state index < -0.39 is 0 Å². The minimum atomic E-state index is 0.558. The van der Waals surface area contributed by atoms with Crippen LogP contribution >= 0.6 is 22.5 Å². The van der Waals surface area contributed by atoms with E-state index in [1.165, 1.54) is 10.8 Å². The third kappa shape index (κ3) is 2.65. The van der Waals surface area contributed by atoms with Crippen molar-refractivity contribution in [2.24, 2.45) is 5.16 Å². The molecule has 0 aliphatic heterocycles. The minimum Gasteiger partial charge on any atom is -0.410 e. The van der Waals surface area contributed by atoms with Crippen LogP contribution in [0.15, 0.2) is 64.6 Å². The summed E-state index contributed by atoms with van der Waals surface area (Å²) in [6.45, 7) is 0. The maximum absolute atomic E-state index is 9.21. The number of rotatable bonds is 3. The maximum atomic E-state index is 9.21. The summed E-state index contributed by atoms with van der Waals surface area (Å²) >= 11 is 4.21. The van der Waals surface area contributed by atoms with Crippen molar-refractivity contribution in [2.75, 3.05) is 0 Å². The fourth-order valence-electron chi connectivity index (χ4n) is 1.61. The molecule has 2 rings (SSSR count). The van der Waals surface area contributed by atoms with Crippen LogP contribution in [-0.2, 0) is 0 Å². The number of hydrogen-bond acceptors (Lipinski definition) is 4. The molecule has 0 spiro atoms. The summed E-state index contributed by atoms with van der Waals surface area (Å²) in [4.78, 5) is 0.965. The van der Waals surface area contributed by atoms with Gasteiger partial charge in [0, 0.05) is 16.0 Å². The number of benzene rings is 2. The first-order chi connectivity index (χ1) is 8.36. The second-order valence-corrected chi connectivity index (χ2v) is 4.57. The molecule has 2 nitrogen and oxygen atoms in total. The van der Waals surface area contributed by atoms with E-state index in [4.69, 9.17) is 0 Å². The molecule has 0 radical (unpaired) electrons. The van der Waals surface area contributed by atoms with Crippen molar-refractivity contribution >= 4 is 28.2 Å². The third-order valence-electron chi connectivity index (χ3n) is 2.39. The highest BCUT2D eigenvalue weighted by molar-refractivity contribution is 8.68. The Morgan fingerprint density at radius 3 is 2.29 bits per heavy atom. The Bertz CT molecular complexity index is 526. The van der Waals surface area contributed by atoms with Crippen LogP contribution in [0, 0.1) is 0 Å². The molecule has 0 aliphatic carbocycles. The lowest BCUT2D eigenvalue weighted by atomic mass is 10.0. The van der Waals surface area contributed by atoms with Gasteiger partial charge >= 0.3 is 0 Å². The van der Waals surface area contributed by atoms with Gasteiger partial charge in [-0.1, -0.05) is 64.5 Å². The van der Waals surface area contributed by atoms with Crippen LogP contribution in [0.2, 0.25) is 0 Å². The normalized spacial score (nSPS) is 11.5. The van der Waals surface area contributed by atoms with Crippen LogP contribution in [0.1, 0.15) is 11.1 Å². The topological polar surface area (TPSA) is 32.6 Å². The van der Waals surface area contributed by atoms with Gasteiger partial charge in [0.05, 0.1) is 0 Å². The number of hydrogen-bond donors (Lipinski definition) is 2. The van der Waals surface area contributed by atoms with E-state index in [1.807, 2.05) is 54.6 Å². The standard InChI is InChI=1S/C13H11NOS2/c15-14-13(10-6-2-1-3-7-10)11-8-4-5-9-12(11)17-16/h1-9,15-16H. The molecule has 86 valence electrons. The van der Waals surface area contributed by atoms with Gasteiger partial charge in [0.1, 0.15) is 5.71 Å². The van der Waals surface area contributed by atoms with Gasteiger partial charge in [-0.05, 0) is 6.07 Å². The molecule has 17 heavy (non-hydrogen) atoms. The molecular weight excluding hydrogens is 250 g/mol. The molecule has 0 aliphatic rings. The fourth-order valence-corrected chi connectivity index (χ4v) is 2.49. The molecule has 0 atom stereocenters. The lowest BCUT2D eigenvalue weighted by Gasteiger charge is -2.08. The molecule has 4 heteroatoms. The highest BCUT2D eigenvalue weighted by Crippen LogP contribution is 2.27. The SMILES string of the molecule is ON=C(c1ccccc1)c1ccccc1SS. The van der Waals surface area contributed by atoms with Gasteiger partial charge in [-0.3, -0.25) is 0 Å². The molecule has 0 amide bonds. The van der Waals surface area contributed by atoms with Crippen LogP contribution in [0.4, 0.5) is 0 Å². The average molecular weight is 261 g/mol. The summed E-state index contributed by atoms with van der Waals surface area (Å²) in [5, 5.41) is 12.6. The second-order valence-electron chi connectivity index (χ2n) is 3.40. The quantitative estimate of drug-likeness (QED) is 0.289. The Kier molecular flexibility index (Phi) is 4.12. The summed E-state index contributed by atoms with van der Waals surface area (Å²) < 4.78 is 0. The summed E-state index contributed by atoms with van der Waals surface area (Å²) in [7, 11) is 1.34. The van der Waals surface area contributed by atoms with Crippen molar-refractivity contribution < 1.29 is 5.21 Å². The van der Waals surface area contributed by atoms with Crippen molar-refractivity contribution in [2.45, 2.75) is 4.90 Å². The van der Waals surface area contributed by atoms with E-state index in [2.05, 4.69) is 16.8 Å². The zero-order valence-corrected chi connectivity index (χ0v) is 10.7. The Balaban J connectivity index is 2.51. The highest BCUT2D eigenvalue weighted by atomic mass is 33.1. The van der Waals surface area contributed by atoms with Crippen molar-refractivity contribution in [3.63, 3.8) is 0 Å². The van der Waals surface area contributed by atoms with Gasteiger partial charge in [0.25, 0.3) is 0 Å².